The van der Waals surface area contributed by atoms with Crippen molar-refractivity contribution in [2.24, 2.45) is 0 Å². The number of halogens is 1. The van der Waals surface area contributed by atoms with Crippen molar-refractivity contribution in [3.8, 4) is 0 Å². The Morgan fingerprint density at radius 3 is 2.50 bits per heavy atom. The fourth-order valence-electron chi connectivity index (χ4n) is 1.75. The van der Waals surface area contributed by atoms with Crippen molar-refractivity contribution in [1.82, 2.24) is 10.3 Å². The molecule has 2 aromatic rings. The van der Waals surface area contributed by atoms with Gasteiger partial charge < -0.3 is 10.3 Å². The van der Waals surface area contributed by atoms with Crippen molar-refractivity contribution in [2.75, 3.05) is 7.05 Å². The molecule has 16 heavy (non-hydrogen) atoms. The van der Waals surface area contributed by atoms with Gasteiger partial charge in [-0.1, -0.05) is 18.2 Å². The topological polar surface area (TPSA) is 44.9 Å². The van der Waals surface area contributed by atoms with E-state index in [4.69, 9.17) is 0 Å². The SMILES string of the molecule is CNC(C)c1c[nH]c(=O)c2ccccc12.Cl. The van der Waals surface area contributed by atoms with E-state index in [1.807, 2.05) is 31.3 Å². The van der Waals surface area contributed by atoms with Crippen molar-refractivity contribution < 1.29 is 0 Å². The monoisotopic (exact) mass is 238 g/mol. The zero-order chi connectivity index (χ0) is 10.8. The van der Waals surface area contributed by atoms with Gasteiger partial charge in [-0.05, 0) is 31.0 Å². The Balaban J connectivity index is 0.00000128. The van der Waals surface area contributed by atoms with Crippen LogP contribution in [0.2, 0.25) is 0 Å². The number of hydrogen-bond donors (Lipinski definition) is 2. The van der Waals surface area contributed by atoms with Crippen LogP contribution in [0.5, 0.6) is 0 Å². The highest BCUT2D eigenvalue weighted by Gasteiger charge is 2.08. The predicted molar refractivity (Wildman–Crippen MR) is 69.3 cm³/mol. The molecule has 86 valence electrons. The molecule has 0 aliphatic heterocycles. The summed E-state index contributed by atoms with van der Waals surface area (Å²) < 4.78 is 0. The molecule has 1 aromatic heterocycles. The molecule has 0 bridgehead atoms. The van der Waals surface area contributed by atoms with Crippen molar-refractivity contribution in [3.63, 3.8) is 0 Å². The Morgan fingerprint density at radius 2 is 1.88 bits per heavy atom. The first-order valence-electron chi connectivity index (χ1n) is 5.01. The van der Waals surface area contributed by atoms with Crippen LogP contribution >= 0.6 is 12.4 Å². The summed E-state index contributed by atoms with van der Waals surface area (Å²) in [5.41, 5.74) is 1.09. The highest BCUT2D eigenvalue weighted by atomic mass is 35.5. The number of aromatic nitrogens is 1. The number of rotatable bonds is 2. The maximum Gasteiger partial charge on any atom is 0.255 e. The smallest absolute Gasteiger partial charge is 0.255 e. The molecule has 2 N–H and O–H groups in total. The number of hydrogen-bond acceptors (Lipinski definition) is 2. The third-order valence-electron chi connectivity index (χ3n) is 2.74. The first kappa shape index (κ1) is 12.7. The summed E-state index contributed by atoms with van der Waals surface area (Å²) in [5, 5.41) is 4.93. The van der Waals surface area contributed by atoms with Gasteiger partial charge >= 0.3 is 0 Å². The molecule has 0 aliphatic rings. The van der Waals surface area contributed by atoms with Crippen molar-refractivity contribution in [2.45, 2.75) is 13.0 Å². The van der Waals surface area contributed by atoms with Gasteiger partial charge in [0.15, 0.2) is 0 Å². The van der Waals surface area contributed by atoms with Gasteiger partial charge in [-0.3, -0.25) is 4.79 Å². The molecule has 0 radical (unpaired) electrons. The van der Waals surface area contributed by atoms with E-state index in [1.165, 1.54) is 0 Å². The average molecular weight is 239 g/mol. The van der Waals surface area contributed by atoms with Gasteiger partial charge in [-0.25, -0.2) is 0 Å². The molecule has 0 fully saturated rings. The Morgan fingerprint density at radius 1 is 1.25 bits per heavy atom. The average Bonchev–Trinajstić information content (AvgIpc) is 2.29. The van der Waals surface area contributed by atoms with Crippen molar-refractivity contribution >= 4 is 23.2 Å². The van der Waals surface area contributed by atoms with Crippen molar-refractivity contribution in [3.05, 3.63) is 46.4 Å². The standard InChI is InChI=1S/C12H14N2O.ClH/c1-8(13-2)11-7-14-12(15)10-6-4-3-5-9(10)11;/h3-8,13H,1-2H3,(H,14,15);1H. The molecule has 3 nitrogen and oxygen atoms in total. The fraction of sp³-hybridized carbons (Fsp3) is 0.250. The second-order valence-corrected chi connectivity index (χ2v) is 3.63. The zero-order valence-corrected chi connectivity index (χ0v) is 10.1. The molecule has 0 amide bonds. The lowest BCUT2D eigenvalue weighted by Crippen LogP contribution is -2.16. The minimum Gasteiger partial charge on any atom is -0.328 e. The van der Waals surface area contributed by atoms with E-state index < -0.39 is 0 Å². The quantitative estimate of drug-likeness (QED) is 0.843. The predicted octanol–water partition coefficient (Wildman–Crippen LogP) is 2.23. The number of nitrogens with one attached hydrogen (secondary N) is 2. The highest BCUT2D eigenvalue weighted by molar-refractivity contribution is 5.85. The van der Waals surface area contributed by atoms with Gasteiger partial charge in [-0.15, -0.1) is 12.4 Å². The first-order chi connectivity index (χ1) is 7.24. The number of pyridine rings is 1. The van der Waals surface area contributed by atoms with Crippen LogP contribution in [0.15, 0.2) is 35.3 Å². The van der Waals surface area contributed by atoms with Crippen LogP contribution in [0.25, 0.3) is 10.8 Å². The van der Waals surface area contributed by atoms with Gasteiger partial charge in [0.25, 0.3) is 5.56 Å². The van der Waals surface area contributed by atoms with Gasteiger partial charge in [0.2, 0.25) is 0 Å². The summed E-state index contributed by atoms with van der Waals surface area (Å²) >= 11 is 0. The lowest BCUT2D eigenvalue weighted by Gasteiger charge is -2.12. The molecule has 1 atom stereocenters. The Hall–Kier alpha value is -1.32. The van der Waals surface area contributed by atoms with Crippen molar-refractivity contribution in [1.29, 1.82) is 0 Å². The van der Waals surface area contributed by atoms with Crippen LogP contribution in [-0.4, -0.2) is 12.0 Å². The van der Waals surface area contributed by atoms with E-state index in [2.05, 4.69) is 17.2 Å². The summed E-state index contributed by atoms with van der Waals surface area (Å²) in [5.74, 6) is 0. The van der Waals surface area contributed by atoms with Crippen LogP contribution in [0, 0.1) is 0 Å². The second kappa shape index (κ2) is 5.14. The lowest BCUT2D eigenvalue weighted by molar-refractivity contribution is 0.654. The molecule has 0 spiro atoms. The van der Waals surface area contributed by atoms with Crippen LogP contribution in [0.1, 0.15) is 18.5 Å². The van der Waals surface area contributed by atoms with Gasteiger partial charge in [0.1, 0.15) is 0 Å². The largest absolute Gasteiger partial charge is 0.328 e. The normalized spacial score (nSPS) is 12.1. The number of H-pyrrole nitrogens is 1. The summed E-state index contributed by atoms with van der Waals surface area (Å²) in [6.45, 7) is 2.07. The van der Waals surface area contributed by atoms with Crippen LogP contribution < -0.4 is 10.9 Å². The van der Waals surface area contributed by atoms with E-state index in [0.29, 0.717) is 0 Å². The van der Waals surface area contributed by atoms with Gasteiger partial charge in [0.05, 0.1) is 0 Å². The summed E-state index contributed by atoms with van der Waals surface area (Å²) in [6, 6.07) is 7.89. The molecule has 0 aliphatic carbocycles. The molecular formula is C12H15ClN2O. The Labute approximate surface area is 100 Å². The Kier molecular flexibility index (Phi) is 4.10. The molecule has 1 unspecified atom stereocenters. The van der Waals surface area contributed by atoms with E-state index in [-0.39, 0.29) is 24.0 Å². The minimum atomic E-state index is -0.0300. The zero-order valence-electron chi connectivity index (χ0n) is 9.28. The fourth-order valence-corrected chi connectivity index (χ4v) is 1.75. The maximum absolute atomic E-state index is 11.6. The van der Waals surface area contributed by atoms with E-state index in [0.717, 1.165) is 16.3 Å². The molecule has 1 heterocycles. The molecule has 0 saturated carbocycles. The van der Waals surface area contributed by atoms with Crippen LogP contribution in [0.3, 0.4) is 0 Å². The summed E-state index contributed by atoms with van der Waals surface area (Å²) in [7, 11) is 1.91. The van der Waals surface area contributed by atoms with Crippen LogP contribution in [0.4, 0.5) is 0 Å². The van der Waals surface area contributed by atoms with E-state index >= 15 is 0 Å². The van der Waals surface area contributed by atoms with E-state index in [9.17, 15) is 4.79 Å². The first-order valence-corrected chi connectivity index (χ1v) is 5.01. The molecule has 0 saturated heterocycles. The highest BCUT2D eigenvalue weighted by Crippen LogP contribution is 2.20. The molecule has 4 heteroatoms. The number of fused-ring (bicyclic) bond motifs is 1. The number of aromatic amines is 1. The second-order valence-electron chi connectivity index (χ2n) is 3.63. The van der Waals surface area contributed by atoms with Gasteiger partial charge in [0, 0.05) is 17.6 Å². The summed E-state index contributed by atoms with van der Waals surface area (Å²) in [4.78, 5) is 14.3. The lowest BCUT2D eigenvalue weighted by atomic mass is 10.0. The van der Waals surface area contributed by atoms with Gasteiger partial charge in [-0.2, -0.15) is 0 Å². The van der Waals surface area contributed by atoms with Crippen LogP contribution in [-0.2, 0) is 0 Å². The molecule has 2 rings (SSSR count). The summed E-state index contributed by atoms with van der Waals surface area (Å²) in [6.07, 6.45) is 1.78. The molecule has 1 aromatic carbocycles. The maximum atomic E-state index is 11.6. The third kappa shape index (κ3) is 2.10. The van der Waals surface area contributed by atoms with E-state index in [1.54, 1.807) is 6.20 Å². The third-order valence-corrected chi connectivity index (χ3v) is 2.74. The minimum absolute atomic E-state index is 0. The molecular weight excluding hydrogens is 224 g/mol. The Bertz CT molecular complexity index is 536. The number of benzene rings is 1.